The molecule has 0 aromatic carbocycles. The Bertz CT molecular complexity index is 696. The zero-order chi connectivity index (χ0) is 15.8. The van der Waals surface area contributed by atoms with Crippen LogP contribution in [0.15, 0.2) is 35.1 Å². The second-order valence-electron chi connectivity index (χ2n) is 6.56. The fourth-order valence-corrected chi connectivity index (χ4v) is 3.12. The molecule has 0 radical (unpaired) electrons. The van der Waals surface area contributed by atoms with Gasteiger partial charge in [0.1, 0.15) is 5.76 Å². The van der Waals surface area contributed by atoms with Gasteiger partial charge in [-0.2, -0.15) is 0 Å². The Labute approximate surface area is 134 Å². The van der Waals surface area contributed by atoms with Crippen LogP contribution in [0.25, 0.3) is 0 Å². The van der Waals surface area contributed by atoms with Crippen molar-refractivity contribution in [2.24, 2.45) is 5.92 Å². The molecule has 1 amide bonds. The van der Waals surface area contributed by atoms with E-state index in [2.05, 4.69) is 27.3 Å². The summed E-state index contributed by atoms with van der Waals surface area (Å²) < 4.78 is 5.26. The van der Waals surface area contributed by atoms with Crippen LogP contribution in [0.5, 0.6) is 0 Å². The van der Waals surface area contributed by atoms with Gasteiger partial charge in [-0.25, -0.2) is 0 Å². The zero-order valence-electron chi connectivity index (χ0n) is 13.1. The van der Waals surface area contributed by atoms with E-state index in [1.54, 1.807) is 18.5 Å². The van der Waals surface area contributed by atoms with Crippen LogP contribution >= 0.6 is 0 Å². The van der Waals surface area contributed by atoms with E-state index in [1.165, 1.54) is 0 Å². The smallest absolute Gasteiger partial charge is 0.273 e. The number of carbonyl (C=O) groups excluding carboxylic acids is 1. The maximum atomic E-state index is 12.4. The van der Waals surface area contributed by atoms with Crippen LogP contribution in [0.2, 0.25) is 0 Å². The number of pyridine rings is 1. The van der Waals surface area contributed by atoms with E-state index in [4.69, 9.17) is 4.52 Å². The van der Waals surface area contributed by atoms with E-state index >= 15 is 0 Å². The van der Waals surface area contributed by atoms with Crippen molar-refractivity contribution in [3.05, 3.63) is 42.0 Å². The third-order valence-electron chi connectivity index (χ3n) is 4.70. The molecule has 1 aliphatic carbocycles. The fraction of sp³-hybridized carbons (Fsp3) is 0.471. The van der Waals surface area contributed by atoms with Crippen LogP contribution in [0.3, 0.4) is 0 Å². The number of hydrogen-bond acceptors (Lipinski definition) is 5. The van der Waals surface area contributed by atoms with Crippen molar-refractivity contribution in [3.8, 4) is 0 Å². The van der Waals surface area contributed by atoms with Gasteiger partial charge >= 0.3 is 0 Å². The minimum atomic E-state index is -0.144. The minimum Gasteiger partial charge on any atom is -0.369 e. The van der Waals surface area contributed by atoms with Crippen molar-refractivity contribution in [3.63, 3.8) is 0 Å². The van der Waals surface area contributed by atoms with Crippen molar-refractivity contribution in [2.45, 2.75) is 31.7 Å². The average Bonchev–Trinajstić information content (AvgIpc) is 3.18. The first-order valence-electron chi connectivity index (χ1n) is 8.13. The predicted molar refractivity (Wildman–Crippen MR) is 85.3 cm³/mol. The summed E-state index contributed by atoms with van der Waals surface area (Å²) in [6.45, 7) is 3.87. The molecule has 6 heteroatoms. The Hall–Kier alpha value is -2.37. The van der Waals surface area contributed by atoms with Gasteiger partial charge in [0.15, 0.2) is 5.69 Å². The largest absolute Gasteiger partial charge is 0.369 e. The molecule has 0 spiro atoms. The molecule has 2 aromatic heterocycles. The van der Waals surface area contributed by atoms with Crippen molar-refractivity contribution in [1.82, 2.24) is 15.5 Å². The minimum absolute atomic E-state index is 0.108. The second kappa shape index (κ2) is 5.68. The van der Waals surface area contributed by atoms with Gasteiger partial charge in [-0.05, 0) is 30.9 Å². The zero-order valence-corrected chi connectivity index (χ0v) is 13.1. The first kappa shape index (κ1) is 14.2. The van der Waals surface area contributed by atoms with Crippen molar-refractivity contribution >= 4 is 11.6 Å². The number of carbonyl (C=O) groups is 1. The van der Waals surface area contributed by atoms with E-state index in [1.807, 2.05) is 12.1 Å². The first-order valence-corrected chi connectivity index (χ1v) is 8.13. The Morgan fingerprint density at radius 1 is 1.30 bits per heavy atom. The Balaban J connectivity index is 1.40. The SMILES string of the molecule is C[C@@H]1CN(c2ccncc2)C[C@@H]1NC(=O)c1cc(C2CC2)on1. The van der Waals surface area contributed by atoms with E-state index in [0.29, 0.717) is 17.5 Å². The number of nitrogens with one attached hydrogen (secondary N) is 1. The molecule has 0 bridgehead atoms. The molecule has 120 valence electrons. The lowest BCUT2D eigenvalue weighted by molar-refractivity contribution is 0.0924. The van der Waals surface area contributed by atoms with E-state index < -0.39 is 0 Å². The number of rotatable bonds is 4. The normalized spacial score (nSPS) is 24.0. The molecule has 2 aromatic rings. The Morgan fingerprint density at radius 3 is 2.83 bits per heavy atom. The quantitative estimate of drug-likeness (QED) is 0.937. The highest BCUT2D eigenvalue weighted by atomic mass is 16.5. The van der Waals surface area contributed by atoms with Crippen LogP contribution in [0.4, 0.5) is 5.69 Å². The number of amides is 1. The Kier molecular flexibility index (Phi) is 3.52. The van der Waals surface area contributed by atoms with Gasteiger partial charge in [-0.3, -0.25) is 9.78 Å². The van der Waals surface area contributed by atoms with Gasteiger partial charge in [-0.15, -0.1) is 0 Å². The molecule has 2 fully saturated rings. The summed E-state index contributed by atoms with van der Waals surface area (Å²) in [4.78, 5) is 18.7. The maximum absolute atomic E-state index is 12.4. The maximum Gasteiger partial charge on any atom is 0.273 e. The van der Waals surface area contributed by atoms with Crippen molar-refractivity contribution in [2.75, 3.05) is 18.0 Å². The molecular formula is C17H20N4O2. The van der Waals surface area contributed by atoms with Crippen LogP contribution in [0.1, 0.15) is 41.9 Å². The van der Waals surface area contributed by atoms with Gasteiger partial charge in [-0.1, -0.05) is 12.1 Å². The third kappa shape index (κ3) is 2.93. The van der Waals surface area contributed by atoms with Crippen LogP contribution in [-0.4, -0.2) is 35.2 Å². The lowest BCUT2D eigenvalue weighted by Crippen LogP contribution is -2.40. The molecular weight excluding hydrogens is 292 g/mol. The molecule has 1 saturated carbocycles. The van der Waals surface area contributed by atoms with Gasteiger partial charge in [0, 0.05) is 43.2 Å². The van der Waals surface area contributed by atoms with E-state index in [-0.39, 0.29) is 11.9 Å². The monoisotopic (exact) mass is 312 g/mol. The fourth-order valence-electron chi connectivity index (χ4n) is 3.12. The highest BCUT2D eigenvalue weighted by molar-refractivity contribution is 5.92. The summed E-state index contributed by atoms with van der Waals surface area (Å²) in [7, 11) is 0. The molecule has 2 aliphatic rings. The third-order valence-corrected chi connectivity index (χ3v) is 4.70. The number of anilines is 1. The number of nitrogens with zero attached hydrogens (tertiary/aromatic N) is 3. The summed E-state index contributed by atoms with van der Waals surface area (Å²) in [5, 5.41) is 7.01. The van der Waals surface area contributed by atoms with Gasteiger partial charge < -0.3 is 14.7 Å². The molecule has 23 heavy (non-hydrogen) atoms. The van der Waals surface area contributed by atoms with E-state index in [0.717, 1.165) is 37.4 Å². The molecule has 1 saturated heterocycles. The highest BCUT2D eigenvalue weighted by Crippen LogP contribution is 2.40. The summed E-state index contributed by atoms with van der Waals surface area (Å²) >= 11 is 0. The lowest BCUT2D eigenvalue weighted by Gasteiger charge is -2.18. The molecule has 1 N–H and O–H groups in total. The summed E-state index contributed by atoms with van der Waals surface area (Å²) in [6, 6.07) is 5.89. The van der Waals surface area contributed by atoms with Crippen LogP contribution < -0.4 is 10.2 Å². The van der Waals surface area contributed by atoms with Crippen LogP contribution in [-0.2, 0) is 0 Å². The molecule has 0 unspecified atom stereocenters. The second-order valence-corrected chi connectivity index (χ2v) is 6.56. The molecule has 1 aliphatic heterocycles. The standard InChI is InChI=1S/C17H20N4O2/c1-11-9-21(13-4-6-18-7-5-13)10-15(11)19-17(22)14-8-16(23-20-14)12-2-3-12/h4-8,11-12,15H,2-3,9-10H2,1H3,(H,19,22)/t11-,15+/m1/s1. The number of aromatic nitrogens is 2. The van der Waals surface area contributed by atoms with Gasteiger partial charge in [0.2, 0.25) is 0 Å². The van der Waals surface area contributed by atoms with Gasteiger partial charge in [0.05, 0.1) is 6.04 Å². The average molecular weight is 312 g/mol. The highest BCUT2D eigenvalue weighted by Gasteiger charge is 2.33. The Morgan fingerprint density at radius 2 is 2.09 bits per heavy atom. The van der Waals surface area contributed by atoms with Crippen molar-refractivity contribution in [1.29, 1.82) is 0 Å². The van der Waals surface area contributed by atoms with E-state index in [9.17, 15) is 4.79 Å². The van der Waals surface area contributed by atoms with Crippen LogP contribution in [0, 0.1) is 5.92 Å². The topological polar surface area (TPSA) is 71.3 Å². The number of hydrogen-bond donors (Lipinski definition) is 1. The predicted octanol–water partition coefficient (Wildman–Crippen LogP) is 2.20. The summed E-state index contributed by atoms with van der Waals surface area (Å²) in [5.41, 5.74) is 1.53. The summed E-state index contributed by atoms with van der Waals surface area (Å²) in [5.74, 6) is 1.54. The van der Waals surface area contributed by atoms with Crippen molar-refractivity contribution < 1.29 is 9.32 Å². The van der Waals surface area contributed by atoms with Gasteiger partial charge in [0.25, 0.3) is 5.91 Å². The molecule has 2 atom stereocenters. The molecule has 3 heterocycles. The lowest BCUT2D eigenvalue weighted by atomic mass is 10.1. The molecule has 4 rings (SSSR count). The first-order chi connectivity index (χ1) is 11.2. The summed E-state index contributed by atoms with van der Waals surface area (Å²) in [6.07, 6.45) is 5.86. The molecule has 6 nitrogen and oxygen atoms in total.